The largest absolute Gasteiger partial charge is 0.504 e. The van der Waals surface area contributed by atoms with Crippen LogP contribution in [0, 0.1) is 6.92 Å². The molecule has 0 aliphatic carbocycles. The SMILES string of the molecule is CCOc1cc(CNc2cc(Br)ccc2C)ccc1O. The topological polar surface area (TPSA) is 41.5 Å². The number of phenols is 1. The van der Waals surface area contributed by atoms with Gasteiger partial charge < -0.3 is 15.2 Å². The third kappa shape index (κ3) is 3.67. The molecule has 0 saturated carbocycles. The molecule has 3 nitrogen and oxygen atoms in total. The number of ether oxygens (including phenoxy) is 1. The fraction of sp³-hybridized carbons (Fsp3) is 0.250. The van der Waals surface area contributed by atoms with Gasteiger partial charge in [0.1, 0.15) is 0 Å². The van der Waals surface area contributed by atoms with Crippen LogP contribution in [0.1, 0.15) is 18.1 Å². The highest BCUT2D eigenvalue weighted by molar-refractivity contribution is 9.10. The Morgan fingerprint density at radius 1 is 1.20 bits per heavy atom. The summed E-state index contributed by atoms with van der Waals surface area (Å²) in [5.41, 5.74) is 3.34. The number of anilines is 1. The molecule has 0 aliphatic rings. The maximum absolute atomic E-state index is 9.68. The lowest BCUT2D eigenvalue weighted by atomic mass is 10.1. The summed E-state index contributed by atoms with van der Waals surface area (Å²) >= 11 is 3.47. The van der Waals surface area contributed by atoms with Crippen LogP contribution in [0.4, 0.5) is 5.69 Å². The molecule has 0 saturated heterocycles. The Morgan fingerprint density at radius 3 is 2.75 bits per heavy atom. The molecule has 4 heteroatoms. The number of aryl methyl sites for hydroxylation is 1. The Labute approximate surface area is 127 Å². The van der Waals surface area contributed by atoms with Crippen molar-refractivity contribution < 1.29 is 9.84 Å². The minimum absolute atomic E-state index is 0.175. The zero-order chi connectivity index (χ0) is 14.5. The van der Waals surface area contributed by atoms with Crippen LogP contribution in [0.5, 0.6) is 11.5 Å². The van der Waals surface area contributed by atoms with Crippen molar-refractivity contribution in [1.29, 1.82) is 0 Å². The highest BCUT2D eigenvalue weighted by atomic mass is 79.9. The summed E-state index contributed by atoms with van der Waals surface area (Å²) in [5, 5.41) is 13.1. The number of nitrogens with one attached hydrogen (secondary N) is 1. The summed E-state index contributed by atoms with van der Waals surface area (Å²) in [5.74, 6) is 0.701. The molecule has 2 N–H and O–H groups in total. The van der Waals surface area contributed by atoms with E-state index in [1.165, 1.54) is 5.56 Å². The van der Waals surface area contributed by atoms with E-state index in [9.17, 15) is 5.11 Å². The van der Waals surface area contributed by atoms with Crippen molar-refractivity contribution in [3.8, 4) is 11.5 Å². The van der Waals surface area contributed by atoms with E-state index in [0.717, 1.165) is 15.7 Å². The van der Waals surface area contributed by atoms with E-state index in [4.69, 9.17) is 4.74 Å². The van der Waals surface area contributed by atoms with Crippen LogP contribution < -0.4 is 10.1 Å². The first-order valence-electron chi connectivity index (χ1n) is 6.55. The first kappa shape index (κ1) is 14.7. The second-order valence-electron chi connectivity index (χ2n) is 4.55. The number of rotatable bonds is 5. The van der Waals surface area contributed by atoms with Crippen LogP contribution in [0.15, 0.2) is 40.9 Å². The molecule has 0 spiro atoms. The van der Waals surface area contributed by atoms with Crippen molar-refractivity contribution in [2.75, 3.05) is 11.9 Å². The van der Waals surface area contributed by atoms with Crippen LogP contribution in [-0.2, 0) is 6.54 Å². The first-order valence-corrected chi connectivity index (χ1v) is 7.34. The van der Waals surface area contributed by atoms with Gasteiger partial charge >= 0.3 is 0 Å². The summed E-state index contributed by atoms with van der Waals surface area (Å²) in [6.45, 7) is 5.18. The van der Waals surface area contributed by atoms with E-state index in [-0.39, 0.29) is 5.75 Å². The van der Waals surface area contributed by atoms with E-state index >= 15 is 0 Å². The van der Waals surface area contributed by atoms with Crippen molar-refractivity contribution in [3.63, 3.8) is 0 Å². The van der Waals surface area contributed by atoms with Crippen molar-refractivity contribution in [2.24, 2.45) is 0 Å². The number of halogens is 1. The van der Waals surface area contributed by atoms with Crippen LogP contribution in [0.3, 0.4) is 0 Å². The van der Waals surface area contributed by atoms with Gasteiger partial charge in [-0.1, -0.05) is 28.1 Å². The zero-order valence-electron chi connectivity index (χ0n) is 11.6. The molecule has 2 aromatic carbocycles. The van der Waals surface area contributed by atoms with Crippen molar-refractivity contribution in [2.45, 2.75) is 20.4 Å². The van der Waals surface area contributed by atoms with Crippen LogP contribution in [0.2, 0.25) is 0 Å². The maximum Gasteiger partial charge on any atom is 0.161 e. The molecule has 106 valence electrons. The highest BCUT2D eigenvalue weighted by Gasteiger charge is 2.04. The zero-order valence-corrected chi connectivity index (χ0v) is 13.2. The standard InChI is InChI=1S/C16H18BrNO2/c1-3-20-16-8-12(5-7-15(16)19)10-18-14-9-13(17)6-4-11(14)2/h4-9,18-19H,3,10H2,1-2H3. The molecule has 0 bridgehead atoms. The summed E-state index contributed by atoms with van der Waals surface area (Å²) in [4.78, 5) is 0. The van der Waals surface area contributed by atoms with E-state index < -0.39 is 0 Å². The highest BCUT2D eigenvalue weighted by Crippen LogP contribution is 2.27. The van der Waals surface area contributed by atoms with Gasteiger partial charge in [-0.3, -0.25) is 0 Å². The molecule has 0 radical (unpaired) electrons. The predicted molar refractivity (Wildman–Crippen MR) is 85.5 cm³/mol. The number of benzene rings is 2. The molecule has 2 aromatic rings. The third-order valence-corrected chi connectivity index (χ3v) is 3.50. The Hall–Kier alpha value is -1.68. The lowest BCUT2D eigenvalue weighted by Crippen LogP contribution is -2.02. The van der Waals surface area contributed by atoms with E-state index in [2.05, 4.69) is 40.3 Å². The van der Waals surface area contributed by atoms with Crippen molar-refractivity contribution in [1.82, 2.24) is 0 Å². The van der Waals surface area contributed by atoms with Crippen LogP contribution in [-0.4, -0.2) is 11.7 Å². The quantitative estimate of drug-likeness (QED) is 0.846. The average Bonchev–Trinajstić information content (AvgIpc) is 2.43. The van der Waals surface area contributed by atoms with Crippen LogP contribution >= 0.6 is 15.9 Å². The van der Waals surface area contributed by atoms with Gasteiger partial charge in [-0.2, -0.15) is 0 Å². The number of hydrogen-bond donors (Lipinski definition) is 2. The molecule has 0 unspecified atom stereocenters. The minimum atomic E-state index is 0.175. The number of hydrogen-bond acceptors (Lipinski definition) is 3. The Bertz CT molecular complexity index is 599. The van der Waals surface area contributed by atoms with Gasteiger partial charge in [0.15, 0.2) is 11.5 Å². The molecular formula is C16H18BrNO2. The second-order valence-corrected chi connectivity index (χ2v) is 5.46. The van der Waals surface area contributed by atoms with Crippen LogP contribution in [0.25, 0.3) is 0 Å². The Balaban J connectivity index is 2.10. The minimum Gasteiger partial charge on any atom is -0.504 e. The molecule has 0 amide bonds. The molecule has 0 aromatic heterocycles. The Morgan fingerprint density at radius 2 is 2.00 bits per heavy atom. The maximum atomic E-state index is 9.68. The summed E-state index contributed by atoms with van der Waals surface area (Å²) < 4.78 is 6.43. The third-order valence-electron chi connectivity index (χ3n) is 3.01. The van der Waals surface area contributed by atoms with Gasteiger partial charge in [-0.25, -0.2) is 0 Å². The second kappa shape index (κ2) is 6.66. The molecule has 2 rings (SSSR count). The van der Waals surface area contributed by atoms with E-state index in [1.54, 1.807) is 6.07 Å². The number of phenolic OH excluding ortho intramolecular Hbond substituents is 1. The first-order chi connectivity index (χ1) is 9.60. The van der Waals surface area contributed by atoms with Gasteiger partial charge in [0.25, 0.3) is 0 Å². The molecule has 0 atom stereocenters. The van der Waals surface area contributed by atoms with E-state index in [0.29, 0.717) is 18.9 Å². The fourth-order valence-corrected chi connectivity index (χ4v) is 2.28. The van der Waals surface area contributed by atoms with E-state index in [1.807, 2.05) is 25.1 Å². The Kier molecular flexibility index (Phi) is 4.90. The molecule has 0 heterocycles. The van der Waals surface area contributed by atoms with Crippen molar-refractivity contribution in [3.05, 3.63) is 52.0 Å². The summed E-state index contributed by atoms with van der Waals surface area (Å²) in [7, 11) is 0. The lowest BCUT2D eigenvalue weighted by molar-refractivity contribution is 0.318. The normalized spacial score (nSPS) is 10.3. The van der Waals surface area contributed by atoms with Gasteiger partial charge in [0.05, 0.1) is 6.61 Å². The smallest absolute Gasteiger partial charge is 0.161 e. The summed E-state index contributed by atoms with van der Waals surface area (Å²) in [6, 6.07) is 11.6. The molecule has 0 aliphatic heterocycles. The van der Waals surface area contributed by atoms with Crippen molar-refractivity contribution >= 4 is 21.6 Å². The van der Waals surface area contributed by atoms with Gasteiger partial charge in [-0.15, -0.1) is 0 Å². The number of aromatic hydroxyl groups is 1. The monoisotopic (exact) mass is 335 g/mol. The lowest BCUT2D eigenvalue weighted by Gasteiger charge is -2.12. The van der Waals surface area contributed by atoms with Gasteiger partial charge in [-0.05, 0) is 49.2 Å². The summed E-state index contributed by atoms with van der Waals surface area (Å²) in [6.07, 6.45) is 0. The molecule has 20 heavy (non-hydrogen) atoms. The fourth-order valence-electron chi connectivity index (χ4n) is 1.92. The van der Waals surface area contributed by atoms with Gasteiger partial charge in [0.2, 0.25) is 0 Å². The molecular weight excluding hydrogens is 318 g/mol. The molecule has 0 fully saturated rings. The van der Waals surface area contributed by atoms with Gasteiger partial charge in [0, 0.05) is 16.7 Å². The average molecular weight is 336 g/mol. The predicted octanol–water partition coefficient (Wildman–Crippen LogP) is 4.47.